The van der Waals surface area contributed by atoms with Crippen molar-refractivity contribution in [2.24, 2.45) is 0 Å². The molecule has 0 bridgehead atoms. The van der Waals surface area contributed by atoms with Gasteiger partial charge in [0.1, 0.15) is 10.6 Å². The highest BCUT2D eigenvalue weighted by Crippen LogP contribution is 2.54. The molecule has 3 aromatic rings. The highest BCUT2D eigenvalue weighted by atomic mass is 32.2. The van der Waals surface area contributed by atoms with Gasteiger partial charge in [-0.25, -0.2) is 12.8 Å². The van der Waals surface area contributed by atoms with Crippen LogP contribution in [0.25, 0.3) is 0 Å². The molecule has 1 N–H and O–H groups in total. The van der Waals surface area contributed by atoms with Crippen LogP contribution in [-0.4, -0.2) is 92.1 Å². The Bertz CT molecular complexity index is 1860. The molecule has 2 saturated heterocycles. The Labute approximate surface area is 297 Å². The van der Waals surface area contributed by atoms with Gasteiger partial charge in [0.2, 0.25) is 5.91 Å². The van der Waals surface area contributed by atoms with E-state index < -0.39 is 85.6 Å². The summed E-state index contributed by atoms with van der Waals surface area (Å²) in [5.41, 5.74) is -9.51. The van der Waals surface area contributed by atoms with Gasteiger partial charge < -0.3 is 14.7 Å². The van der Waals surface area contributed by atoms with Gasteiger partial charge in [0.15, 0.2) is 16.2 Å². The Balaban J connectivity index is 1.56. The van der Waals surface area contributed by atoms with Crippen molar-refractivity contribution in [1.82, 2.24) is 14.7 Å². The molecule has 2 fully saturated rings. The van der Waals surface area contributed by atoms with Crippen LogP contribution in [0.15, 0.2) is 77.7 Å². The number of piperazine rings is 1. The van der Waals surface area contributed by atoms with Crippen molar-refractivity contribution in [2.45, 2.75) is 60.1 Å². The van der Waals surface area contributed by atoms with E-state index >= 15 is 0 Å². The van der Waals surface area contributed by atoms with Crippen molar-refractivity contribution in [1.29, 1.82) is 0 Å². The number of hydrogen-bond acceptors (Lipinski definition) is 7. The van der Waals surface area contributed by atoms with Crippen molar-refractivity contribution in [3.63, 3.8) is 0 Å². The van der Waals surface area contributed by atoms with E-state index in [-0.39, 0.29) is 50.6 Å². The van der Waals surface area contributed by atoms with Crippen molar-refractivity contribution < 1.29 is 67.0 Å². The van der Waals surface area contributed by atoms with E-state index in [9.17, 15) is 62.2 Å². The van der Waals surface area contributed by atoms with E-state index in [1.165, 1.54) is 11.8 Å². The number of amides is 1. The minimum absolute atomic E-state index is 0.118. The fourth-order valence-electron chi connectivity index (χ4n) is 6.81. The predicted molar refractivity (Wildman–Crippen MR) is 168 cm³/mol. The van der Waals surface area contributed by atoms with Crippen molar-refractivity contribution in [3.05, 3.63) is 101 Å². The number of ether oxygens (including phenoxy) is 1. The zero-order valence-electron chi connectivity index (χ0n) is 27.8. The molecule has 2 aliphatic rings. The molecule has 0 aliphatic carbocycles. The molecule has 3 aromatic carbocycles. The van der Waals surface area contributed by atoms with Gasteiger partial charge in [0.25, 0.3) is 5.60 Å². The summed E-state index contributed by atoms with van der Waals surface area (Å²) in [6.45, 7) is -0.0921. The third-order valence-electron chi connectivity index (χ3n) is 9.70. The lowest BCUT2D eigenvalue weighted by Crippen LogP contribution is -2.56. The fraction of sp³-hybridized carbons (Fsp3) is 0.441. The number of aliphatic hydroxyl groups excluding tert-OH is 1. The molecular weight excluding hydrogens is 752 g/mol. The topological polar surface area (TPSA) is 90.4 Å². The quantitative estimate of drug-likeness (QED) is 0.204. The first-order valence-corrected chi connectivity index (χ1v) is 17.5. The number of halogens is 10. The highest BCUT2D eigenvalue weighted by molar-refractivity contribution is 7.92. The average Bonchev–Trinajstić information content (AvgIpc) is 3.55. The number of carbonyl (C=O) groups is 1. The minimum Gasteiger partial charge on any atom is -0.365 e. The van der Waals surface area contributed by atoms with Crippen LogP contribution < -0.4 is 0 Å². The molecule has 0 spiro atoms. The summed E-state index contributed by atoms with van der Waals surface area (Å²) in [7, 11) is -4.63. The lowest BCUT2D eigenvalue weighted by molar-refractivity contribution is -0.392. The summed E-state index contributed by atoms with van der Waals surface area (Å²) >= 11 is 0. The van der Waals surface area contributed by atoms with E-state index in [2.05, 4.69) is 4.74 Å². The molecule has 2 heterocycles. The van der Waals surface area contributed by atoms with Crippen LogP contribution in [-0.2, 0) is 42.5 Å². The Kier molecular flexibility index (Phi) is 11.0. The van der Waals surface area contributed by atoms with E-state index in [1.54, 1.807) is 9.80 Å². The van der Waals surface area contributed by atoms with Crippen LogP contribution in [0.1, 0.15) is 35.6 Å². The molecule has 2 atom stereocenters. The molecular formula is C34H33F10N3O5S. The summed E-state index contributed by atoms with van der Waals surface area (Å²) < 4.78 is 173. The van der Waals surface area contributed by atoms with Crippen molar-refractivity contribution >= 4 is 15.7 Å². The second kappa shape index (κ2) is 14.5. The zero-order chi connectivity index (χ0) is 39.2. The second-order valence-corrected chi connectivity index (χ2v) is 15.0. The summed E-state index contributed by atoms with van der Waals surface area (Å²) in [6, 6.07) is 8.83. The lowest BCUT2D eigenvalue weighted by atomic mass is 9.88. The normalized spacial score (nSPS) is 20.5. The number of benzene rings is 3. The zero-order valence-corrected chi connectivity index (χ0v) is 28.6. The standard InChI is InChI=1S/C34H33F10N3O5S/c1-22(48)45-16-18-46(19-17-45)29(49)47-15-14-30(21-47,53(50,51)27-12-10-26(35)11-13-27)24-6-8-25(9-7-24)31(33(39,40)41,34(42,43)44)52-20-23-4-2-3-5-28(23)32(36,37)38/h2-13,29,49H,14-21H2,1H3. The maximum atomic E-state index is 14.6. The molecule has 1 amide bonds. The largest absolute Gasteiger partial charge is 0.430 e. The first-order chi connectivity index (χ1) is 24.5. The Morgan fingerprint density at radius 2 is 1.38 bits per heavy atom. The highest BCUT2D eigenvalue weighted by Gasteiger charge is 2.73. The molecule has 0 radical (unpaired) electrons. The molecule has 5 rings (SSSR count). The number of alkyl halides is 9. The molecule has 19 heteroatoms. The summed E-state index contributed by atoms with van der Waals surface area (Å²) in [5, 5.41) is 11.3. The Morgan fingerprint density at radius 3 is 1.91 bits per heavy atom. The molecule has 8 nitrogen and oxygen atoms in total. The average molecular weight is 786 g/mol. The summed E-state index contributed by atoms with van der Waals surface area (Å²) in [4.78, 5) is 15.8. The number of sulfone groups is 1. The number of nitrogens with zero attached hydrogens (tertiary/aromatic N) is 3. The number of carbonyl (C=O) groups excluding carboxylic acids is 1. The lowest BCUT2D eigenvalue weighted by Gasteiger charge is -2.40. The third kappa shape index (κ3) is 7.50. The van der Waals surface area contributed by atoms with Gasteiger partial charge in [-0.05, 0) is 47.9 Å². The summed E-state index contributed by atoms with van der Waals surface area (Å²) in [5.74, 6) is -0.978. The van der Waals surface area contributed by atoms with Crippen molar-refractivity contribution in [2.75, 3.05) is 39.3 Å². The van der Waals surface area contributed by atoms with Crippen LogP contribution in [0.4, 0.5) is 43.9 Å². The number of hydrogen-bond donors (Lipinski definition) is 1. The van der Waals surface area contributed by atoms with Crippen molar-refractivity contribution in [3.8, 4) is 0 Å². The van der Waals surface area contributed by atoms with E-state index in [1.807, 2.05) is 0 Å². The van der Waals surface area contributed by atoms with Crippen LogP contribution in [0.2, 0.25) is 0 Å². The molecule has 0 saturated carbocycles. The molecule has 290 valence electrons. The number of rotatable bonds is 9. The molecule has 0 aromatic heterocycles. The number of likely N-dealkylation sites (tertiary alicyclic amines) is 1. The molecule has 53 heavy (non-hydrogen) atoms. The first-order valence-electron chi connectivity index (χ1n) is 16.0. The van der Waals surface area contributed by atoms with Crippen LogP contribution in [0.5, 0.6) is 0 Å². The van der Waals surface area contributed by atoms with E-state index in [0.717, 1.165) is 48.5 Å². The Morgan fingerprint density at radius 1 is 0.811 bits per heavy atom. The Hall–Kier alpha value is -3.78. The minimum atomic E-state index is -6.28. The molecule has 2 unspecified atom stereocenters. The van der Waals surface area contributed by atoms with Gasteiger partial charge in [0.05, 0.1) is 17.1 Å². The third-order valence-corrected chi connectivity index (χ3v) is 12.2. The van der Waals surface area contributed by atoms with Gasteiger partial charge in [-0.3, -0.25) is 14.6 Å². The summed E-state index contributed by atoms with van der Waals surface area (Å²) in [6.07, 6.45) is -19.4. The van der Waals surface area contributed by atoms with E-state index in [4.69, 9.17) is 0 Å². The van der Waals surface area contributed by atoms with Gasteiger partial charge in [0, 0.05) is 51.8 Å². The second-order valence-electron chi connectivity index (χ2n) is 12.8. The SMILES string of the molecule is CC(=O)N1CCN(C(O)N2CCC(c3ccc(C(OCc4ccccc4C(F)(F)F)(C(F)(F)F)C(F)(F)F)cc3)(S(=O)(=O)c3ccc(F)cc3)C2)CC1. The number of aliphatic hydroxyl groups is 1. The maximum absolute atomic E-state index is 14.6. The van der Waals surface area contributed by atoms with Crippen LogP contribution in [0.3, 0.4) is 0 Å². The van der Waals surface area contributed by atoms with Gasteiger partial charge >= 0.3 is 18.5 Å². The van der Waals surface area contributed by atoms with Gasteiger partial charge in [-0.1, -0.05) is 42.5 Å². The maximum Gasteiger partial charge on any atom is 0.430 e. The van der Waals surface area contributed by atoms with Crippen LogP contribution >= 0.6 is 0 Å². The van der Waals surface area contributed by atoms with Gasteiger partial charge in [-0.15, -0.1) is 0 Å². The molecule has 2 aliphatic heterocycles. The van der Waals surface area contributed by atoms with E-state index in [0.29, 0.717) is 24.3 Å². The smallest absolute Gasteiger partial charge is 0.365 e. The van der Waals surface area contributed by atoms with Gasteiger partial charge in [-0.2, -0.15) is 39.5 Å². The predicted octanol–water partition coefficient (Wildman–Crippen LogP) is 6.20. The fourth-order valence-corrected chi connectivity index (χ4v) is 8.90. The monoisotopic (exact) mass is 785 g/mol. The first kappa shape index (κ1) is 40.4. The van der Waals surface area contributed by atoms with Crippen LogP contribution in [0, 0.1) is 5.82 Å².